The van der Waals surface area contributed by atoms with E-state index in [9.17, 15) is 4.79 Å². The second kappa shape index (κ2) is 7.31. The number of nitrogens with one attached hydrogen (secondary N) is 1. The minimum Gasteiger partial charge on any atom is -0.454 e. The summed E-state index contributed by atoms with van der Waals surface area (Å²) in [4.78, 5) is 13.0. The van der Waals surface area contributed by atoms with Crippen molar-refractivity contribution in [1.82, 2.24) is 5.32 Å². The van der Waals surface area contributed by atoms with Crippen molar-refractivity contribution in [2.75, 3.05) is 13.3 Å². The maximum absolute atomic E-state index is 11.8. The van der Waals surface area contributed by atoms with Crippen molar-refractivity contribution in [1.29, 1.82) is 0 Å². The number of thiophene rings is 1. The third-order valence-corrected chi connectivity index (χ3v) is 4.52. The summed E-state index contributed by atoms with van der Waals surface area (Å²) in [5.41, 5.74) is 1.21. The lowest BCUT2D eigenvalue weighted by Gasteiger charge is -2.06. The molecule has 0 unspecified atom stereocenters. The van der Waals surface area contributed by atoms with E-state index in [0.29, 0.717) is 19.8 Å². The van der Waals surface area contributed by atoms with Crippen LogP contribution < -0.4 is 14.8 Å². The summed E-state index contributed by atoms with van der Waals surface area (Å²) in [7, 11) is 0. The normalized spacial score (nSPS) is 12.4. The Bertz CT molecular complexity index is 625. The highest BCUT2D eigenvalue weighted by atomic mass is 32.1. The summed E-state index contributed by atoms with van der Waals surface area (Å²) in [6.07, 6.45) is 3.22. The molecule has 1 aliphatic heterocycles. The van der Waals surface area contributed by atoms with E-state index >= 15 is 0 Å². The molecule has 2 aromatic rings. The molecule has 1 aliphatic rings. The molecule has 4 nitrogen and oxygen atoms in total. The first kappa shape index (κ1) is 14.9. The predicted molar refractivity (Wildman–Crippen MR) is 86.5 cm³/mol. The lowest BCUT2D eigenvalue weighted by atomic mass is 10.1. The SMILES string of the molecule is O=C(CCc1cccs1)NCCCc1ccc2c(c1)OCO2. The smallest absolute Gasteiger partial charge is 0.231 e. The molecule has 0 radical (unpaired) electrons. The van der Waals surface area contributed by atoms with Gasteiger partial charge >= 0.3 is 0 Å². The van der Waals surface area contributed by atoms with Gasteiger partial charge in [-0.15, -0.1) is 11.3 Å². The van der Waals surface area contributed by atoms with Crippen LogP contribution in [0.15, 0.2) is 35.7 Å². The molecule has 0 atom stereocenters. The van der Waals surface area contributed by atoms with Gasteiger partial charge in [0.05, 0.1) is 0 Å². The summed E-state index contributed by atoms with van der Waals surface area (Å²) in [5.74, 6) is 1.75. The van der Waals surface area contributed by atoms with Gasteiger partial charge < -0.3 is 14.8 Å². The third-order valence-electron chi connectivity index (χ3n) is 3.58. The molecule has 1 aromatic carbocycles. The highest BCUT2D eigenvalue weighted by molar-refractivity contribution is 7.09. The standard InChI is InChI=1S/C17H19NO3S/c19-17(8-6-14-4-2-10-22-14)18-9-1-3-13-5-7-15-16(11-13)21-12-20-15/h2,4-5,7,10-11H,1,3,6,8-9,12H2,(H,18,19). The molecule has 1 N–H and O–H groups in total. The molecule has 1 amide bonds. The number of ether oxygens (including phenoxy) is 2. The number of fused-ring (bicyclic) bond motifs is 1. The molecule has 22 heavy (non-hydrogen) atoms. The van der Waals surface area contributed by atoms with Crippen molar-refractivity contribution < 1.29 is 14.3 Å². The minimum atomic E-state index is 0.124. The van der Waals surface area contributed by atoms with Gasteiger partial charge in [-0.1, -0.05) is 12.1 Å². The number of carbonyl (C=O) groups is 1. The van der Waals surface area contributed by atoms with Crippen LogP contribution in [0.25, 0.3) is 0 Å². The number of rotatable bonds is 7. The molecule has 0 spiro atoms. The van der Waals surface area contributed by atoms with Crippen molar-refractivity contribution in [3.8, 4) is 11.5 Å². The first-order valence-corrected chi connectivity index (χ1v) is 8.37. The van der Waals surface area contributed by atoms with E-state index in [4.69, 9.17) is 9.47 Å². The third kappa shape index (κ3) is 4.01. The Hall–Kier alpha value is -2.01. The molecule has 1 aromatic heterocycles. The first-order chi connectivity index (χ1) is 10.8. The van der Waals surface area contributed by atoms with Crippen LogP contribution in [0.2, 0.25) is 0 Å². The molecule has 0 fully saturated rings. The van der Waals surface area contributed by atoms with Gasteiger partial charge in [-0.3, -0.25) is 4.79 Å². The van der Waals surface area contributed by atoms with Gasteiger partial charge in [-0.25, -0.2) is 0 Å². The van der Waals surface area contributed by atoms with E-state index in [-0.39, 0.29) is 5.91 Å². The number of amides is 1. The van der Waals surface area contributed by atoms with Gasteiger partial charge in [0.15, 0.2) is 11.5 Å². The van der Waals surface area contributed by atoms with E-state index in [1.807, 2.05) is 29.6 Å². The molecule has 5 heteroatoms. The highest BCUT2D eigenvalue weighted by Crippen LogP contribution is 2.32. The maximum atomic E-state index is 11.8. The Balaban J connectivity index is 1.34. The van der Waals surface area contributed by atoms with Crippen LogP contribution in [0.4, 0.5) is 0 Å². The van der Waals surface area contributed by atoms with E-state index in [2.05, 4.69) is 11.4 Å². The largest absolute Gasteiger partial charge is 0.454 e. The monoisotopic (exact) mass is 317 g/mol. The molecule has 0 aliphatic carbocycles. The number of carbonyl (C=O) groups excluding carboxylic acids is 1. The molecule has 3 rings (SSSR count). The number of aryl methyl sites for hydroxylation is 2. The average molecular weight is 317 g/mol. The van der Waals surface area contributed by atoms with Crippen molar-refractivity contribution in [2.24, 2.45) is 0 Å². The van der Waals surface area contributed by atoms with Crippen LogP contribution in [-0.2, 0) is 17.6 Å². The summed E-state index contributed by atoms with van der Waals surface area (Å²) >= 11 is 1.70. The van der Waals surface area contributed by atoms with Crippen molar-refractivity contribution in [3.05, 3.63) is 46.2 Å². The zero-order valence-electron chi connectivity index (χ0n) is 12.3. The Morgan fingerprint density at radius 2 is 2.09 bits per heavy atom. The van der Waals surface area contributed by atoms with E-state index in [0.717, 1.165) is 30.8 Å². The first-order valence-electron chi connectivity index (χ1n) is 7.49. The van der Waals surface area contributed by atoms with Crippen LogP contribution >= 0.6 is 11.3 Å². The van der Waals surface area contributed by atoms with E-state index in [1.165, 1.54) is 10.4 Å². The topological polar surface area (TPSA) is 47.6 Å². The Morgan fingerprint density at radius 3 is 2.95 bits per heavy atom. The van der Waals surface area contributed by atoms with Crippen LogP contribution in [0, 0.1) is 0 Å². The zero-order chi connectivity index (χ0) is 15.2. The minimum absolute atomic E-state index is 0.124. The van der Waals surface area contributed by atoms with Crippen molar-refractivity contribution in [2.45, 2.75) is 25.7 Å². The second-order valence-electron chi connectivity index (χ2n) is 5.22. The number of hydrogen-bond acceptors (Lipinski definition) is 4. The van der Waals surface area contributed by atoms with Crippen molar-refractivity contribution >= 4 is 17.2 Å². The van der Waals surface area contributed by atoms with Gasteiger partial charge in [0.1, 0.15) is 0 Å². The molecule has 116 valence electrons. The Kier molecular flexibility index (Phi) is 4.96. The fourth-order valence-electron chi connectivity index (χ4n) is 2.40. The zero-order valence-corrected chi connectivity index (χ0v) is 13.2. The van der Waals surface area contributed by atoms with Crippen molar-refractivity contribution in [3.63, 3.8) is 0 Å². The van der Waals surface area contributed by atoms with Gasteiger partial charge in [0.2, 0.25) is 12.7 Å². The fourth-order valence-corrected chi connectivity index (χ4v) is 3.11. The summed E-state index contributed by atoms with van der Waals surface area (Å²) in [5, 5.41) is 5.02. The van der Waals surface area contributed by atoms with Gasteiger partial charge in [0, 0.05) is 17.8 Å². The molecule has 0 bridgehead atoms. The lowest BCUT2D eigenvalue weighted by molar-refractivity contribution is -0.121. The van der Waals surface area contributed by atoms with E-state index < -0.39 is 0 Å². The summed E-state index contributed by atoms with van der Waals surface area (Å²) < 4.78 is 10.6. The molecular weight excluding hydrogens is 298 g/mol. The lowest BCUT2D eigenvalue weighted by Crippen LogP contribution is -2.24. The van der Waals surface area contributed by atoms with Gasteiger partial charge in [0.25, 0.3) is 0 Å². The Labute approximate surface area is 134 Å². The summed E-state index contributed by atoms with van der Waals surface area (Å²) in [6, 6.07) is 10.1. The Morgan fingerprint density at radius 1 is 1.18 bits per heavy atom. The molecule has 0 saturated heterocycles. The number of benzene rings is 1. The predicted octanol–water partition coefficient (Wildman–Crippen LogP) is 3.16. The molecular formula is C17H19NO3S. The van der Waals surface area contributed by atoms with Gasteiger partial charge in [-0.05, 0) is 48.4 Å². The van der Waals surface area contributed by atoms with Gasteiger partial charge in [-0.2, -0.15) is 0 Å². The maximum Gasteiger partial charge on any atom is 0.231 e. The fraction of sp³-hybridized carbons (Fsp3) is 0.353. The number of hydrogen-bond donors (Lipinski definition) is 1. The second-order valence-corrected chi connectivity index (χ2v) is 6.25. The summed E-state index contributed by atoms with van der Waals surface area (Å²) in [6.45, 7) is 1.01. The molecule has 2 heterocycles. The van der Waals surface area contributed by atoms with Crippen LogP contribution in [0.3, 0.4) is 0 Å². The van der Waals surface area contributed by atoms with E-state index in [1.54, 1.807) is 11.3 Å². The molecule has 0 saturated carbocycles. The van der Waals surface area contributed by atoms with Crippen LogP contribution in [0.5, 0.6) is 11.5 Å². The average Bonchev–Trinajstić information content (AvgIpc) is 3.20. The quantitative estimate of drug-likeness (QED) is 0.798. The highest BCUT2D eigenvalue weighted by Gasteiger charge is 2.12. The van der Waals surface area contributed by atoms with Crippen LogP contribution in [-0.4, -0.2) is 19.2 Å². The van der Waals surface area contributed by atoms with Crippen LogP contribution in [0.1, 0.15) is 23.3 Å².